The standard InChI is InChI=1S/C26H29NO3/c1-30-26(29)18-13-14-21-22(16-18)27-15-7-12-23(28)19-10-5-6-11-20(19)25(27)24(21)17-8-3-2-4-9-17/h5-6,10-11,13-14,16-17,23,28H,2-4,7-9,12,15H2,1H3. The number of aliphatic hydroxyl groups excluding tert-OH is 1. The highest BCUT2D eigenvalue weighted by Gasteiger charge is 2.29. The molecule has 0 amide bonds. The lowest BCUT2D eigenvalue weighted by molar-refractivity contribution is 0.0601. The van der Waals surface area contributed by atoms with Crippen LogP contribution < -0.4 is 0 Å². The fourth-order valence-corrected chi connectivity index (χ4v) is 5.55. The SMILES string of the molecule is COC(=O)c1ccc2c(C3CCCCC3)c3n(c2c1)CCCC(O)c1ccccc1-3. The Labute approximate surface area is 177 Å². The summed E-state index contributed by atoms with van der Waals surface area (Å²) in [5, 5.41) is 12.1. The van der Waals surface area contributed by atoms with Gasteiger partial charge in [0.1, 0.15) is 0 Å². The van der Waals surface area contributed by atoms with E-state index in [0.717, 1.165) is 36.0 Å². The van der Waals surface area contributed by atoms with Gasteiger partial charge in [-0.3, -0.25) is 0 Å². The van der Waals surface area contributed by atoms with Crippen molar-refractivity contribution < 1.29 is 14.6 Å². The molecule has 30 heavy (non-hydrogen) atoms. The van der Waals surface area contributed by atoms with Gasteiger partial charge in [-0.25, -0.2) is 4.79 Å². The van der Waals surface area contributed by atoms with Crippen LogP contribution in [0.5, 0.6) is 0 Å². The number of fused-ring (bicyclic) bond motifs is 5. The van der Waals surface area contributed by atoms with Crippen molar-refractivity contribution in [2.45, 2.75) is 63.5 Å². The number of esters is 1. The lowest BCUT2D eigenvalue weighted by Gasteiger charge is -2.26. The van der Waals surface area contributed by atoms with Gasteiger partial charge in [-0.15, -0.1) is 0 Å². The van der Waals surface area contributed by atoms with Crippen molar-refractivity contribution >= 4 is 16.9 Å². The normalized spacial score (nSPS) is 19.6. The van der Waals surface area contributed by atoms with Crippen molar-refractivity contribution in [3.8, 4) is 11.3 Å². The van der Waals surface area contributed by atoms with E-state index in [1.807, 2.05) is 18.2 Å². The molecule has 1 saturated carbocycles. The highest BCUT2D eigenvalue weighted by molar-refractivity contribution is 5.99. The molecule has 0 spiro atoms. The first kappa shape index (κ1) is 19.4. The maximum atomic E-state index is 12.2. The molecule has 5 rings (SSSR count). The van der Waals surface area contributed by atoms with E-state index in [1.165, 1.54) is 55.9 Å². The molecule has 0 bridgehead atoms. The number of hydrogen-bond acceptors (Lipinski definition) is 3. The van der Waals surface area contributed by atoms with E-state index in [1.54, 1.807) is 0 Å². The summed E-state index contributed by atoms with van der Waals surface area (Å²) in [6.07, 6.45) is 7.46. The Hall–Kier alpha value is -2.59. The Morgan fingerprint density at radius 1 is 1.03 bits per heavy atom. The van der Waals surface area contributed by atoms with Gasteiger partial charge in [-0.05, 0) is 54.9 Å². The summed E-state index contributed by atoms with van der Waals surface area (Å²) >= 11 is 0. The molecule has 1 atom stereocenters. The predicted octanol–water partition coefficient (Wildman–Crippen LogP) is 5.97. The Kier molecular flexibility index (Phi) is 5.11. The van der Waals surface area contributed by atoms with Crippen LogP contribution in [0.15, 0.2) is 42.5 Å². The fourth-order valence-electron chi connectivity index (χ4n) is 5.55. The summed E-state index contributed by atoms with van der Waals surface area (Å²) in [6, 6.07) is 14.3. The first-order chi connectivity index (χ1) is 14.7. The van der Waals surface area contributed by atoms with Crippen molar-refractivity contribution in [1.82, 2.24) is 4.57 Å². The van der Waals surface area contributed by atoms with E-state index in [0.29, 0.717) is 11.5 Å². The molecule has 4 nitrogen and oxygen atoms in total. The van der Waals surface area contributed by atoms with Crippen molar-refractivity contribution in [1.29, 1.82) is 0 Å². The van der Waals surface area contributed by atoms with Gasteiger partial charge in [0, 0.05) is 23.0 Å². The molecule has 2 aromatic carbocycles. The molecule has 1 unspecified atom stereocenters. The van der Waals surface area contributed by atoms with Gasteiger partial charge >= 0.3 is 5.97 Å². The van der Waals surface area contributed by atoms with E-state index in [-0.39, 0.29) is 5.97 Å². The number of carbonyl (C=O) groups is 1. The number of aryl methyl sites for hydroxylation is 1. The molecule has 1 fully saturated rings. The van der Waals surface area contributed by atoms with Gasteiger partial charge in [0.2, 0.25) is 0 Å². The third-order valence-corrected chi connectivity index (χ3v) is 6.97. The van der Waals surface area contributed by atoms with Gasteiger partial charge in [0.05, 0.1) is 24.5 Å². The smallest absolute Gasteiger partial charge is 0.337 e. The molecule has 156 valence electrons. The summed E-state index contributed by atoms with van der Waals surface area (Å²) in [5.74, 6) is 0.222. The van der Waals surface area contributed by atoms with Crippen LogP contribution in [0.2, 0.25) is 0 Å². The summed E-state index contributed by atoms with van der Waals surface area (Å²) in [4.78, 5) is 12.2. The highest BCUT2D eigenvalue weighted by atomic mass is 16.5. The van der Waals surface area contributed by atoms with E-state index >= 15 is 0 Å². The number of rotatable bonds is 2. The summed E-state index contributed by atoms with van der Waals surface area (Å²) < 4.78 is 7.39. The molecule has 1 aromatic heterocycles. The zero-order valence-electron chi connectivity index (χ0n) is 17.6. The molecule has 1 aliphatic carbocycles. The van der Waals surface area contributed by atoms with Crippen LogP contribution in [0.4, 0.5) is 0 Å². The van der Waals surface area contributed by atoms with E-state index < -0.39 is 6.10 Å². The number of ether oxygens (including phenoxy) is 1. The van der Waals surface area contributed by atoms with Crippen LogP contribution in [-0.4, -0.2) is 22.8 Å². The predicted molar refractivity (Wildman–Crippen MR) is 119 cm³/mol. The quantitative estimate of drug-likeness (QED) is 0.536. The number of hydrogen-bond donors (Lipinski definition) is 1. The molecule has 1 N–H and O–H groups in total. The molecular formula is C26H29NO3. The minimum atomic E-state index is -0.433. The zero-order valence-corrected chi connectivity index (χ0v) is 17.6. The largest absolute Gasteiger partial charge is 0.465 e. The van der Waals surface area contributed by atoms with Crippen molar-refractivity contribution in [3.63, 3.8) is 0 Å². The average Bonchev–Trinajstić information content (AvgIpc) is 3.11. The van der Waals surface area contributed by atoms with Crippen molar-refractivity contribution in [3.05, 3.63) is 59.2 Å². The maximum absolute atomic E-state index is 12.2. The molecular weight excluding hydrogens is 374 g/mol. The first-order valence-corrected chi connectivity index (χ1v) is 11.2. The van der Waals surface area contributed by atoms with Crippen molar-refractivity contribution in [2.24, 2.45) is 0 Å². The van der Waals surface area contributed by atoms with Gasteiger partial charge < -0.3 is 14.4 Å². The van der Waals surface area contributed by atoms with Crippen LogP contribution in [0.3, 0.4) is 0 Å². The molecule has 1 aliphatic heterocycles. The highest BCUT2D eigenvalue weighted by Crippen LogP contribution is 2.46. The Balaban J connectivity index is 1.83. The van der Waals surface area contributed by atoms with E-state index in [4.69, 9.17) is 4.74 Å². The second-order valence-corrected chi connectivity index (χ2v) is 8.72. The second-order valence-electron chi connectivity index (χ2n) is 8.72. The van der Waals surface area contributed by atoms with Gasteiger partial charge in [0.15, 0.2) is 0 Å². The van der Waals surface area contributed by atoms with Crippen LogP contribution in [0.25, 0.3) is 22.2 Å². The average molecular weight is 404 g/mol. The number of methoxy groups -OCH3 is 1. The van der Waals surface area contributed by atoms with Gasteiger partial charge in [-0.2, -0.15) is 0 Å². The Morgan fingerprint density at radius 2 is 1.83 bits per heavy atom. The van der Waals surface area contributed by atoms with Crippen LogP contribution in [0, 0.1) is 0 Å². The molecule has 4 heteroatoms. The summed E-state index contributed by atoms with van der Waals surface area (Å²) in [6.45, 7) is 0.842. The minimum absolute atomic E-state index is 0.298. The molecule has 2 aliphatic rings. The number of aliphatic hydroxyl groups is 1. The van der Waals surface area contributed by atoms with Crippen LogP contribution >= 0.6 is 0 Å². The van der Waals surface area contributed by atoms with E-state index in [9.17, 15) is 9.90 Å². The lowest BCUT2D eigenvalue weighted by atomic mass is 9.81. The zero-order chi connectivity index (χ0) is 20.7. The minimum Gasteiger partial charge on any atom is -0.465 e. The number of carbonyl (C=O) groups excluding carboxylic acids is 1. The topological polar surface area (TPSA) is 51.5 Å². The molecule has 2 heterocycles. The number of nitrogens with zero attached hydrogens (tertiary/aromatic N) is 1. The summed E-state index contributed by atoms with van der Waals surface area (Å²) in [5.41, 5.74) is 6.51. The second kappa shape index (κ2) is 7.92. The van der Waals surface area contributed by atoms with E-state index in [2.05, 4.69) is 28.8 Å². The van der Waals surface area contributed by atoms with Crippen molar-refractivity contribution in [2.75, 3.05) is 7.11 Å². The Bertz CT molecular complexity index is 1090. The first-order valence-electron chi connectivity index (χ1n) is 11.2. The van der Waals surface area contributed by atoms with Crippen LogP contribution in [-0.2, 0) is 11.3 Å². The lowest BCUT2D eigenvalue weighted by Crippen LogP contribution is -2.12. The molecule has 3 aromatic rings. The maximum Gasteiger partial charge on any atom is 0.337 e. The van der Waals surface area contributed by atoms with Gasteiger partial charge in [-0.1, -0.05) is 49.6 Å². The number of benzene rings is 2. The molecule has 0 saturated heterocycles. The Morgan fingerprint density at radius 3 is 2.63 bits per heavy atom. The monoisotopic (exact) mass is 403 g/mol. The van der Waals surface area contributed by atoms with Gasteiger partial charge in [0.25, 0.3) is 0 Å². The van der Waals surface area contributed by atoms with Crippen LogP contribution in [0.1, 0.15) is 78.5 Å². The third kappa shape index (κ3) is 3.14. The third-order valence-electron chi connectivity index (χ3n) is 6.97. The number of aromatic nitrogens is 1. The molecule has 0 radical (unpaired) electrons. The fraction of sp³-hybridized carbons (Fsp3) is 0.423. The summed E-state index contributed by atoms with van der Waals surface area (Å²) in [7, 11) is 1.43.